The third kappa shape index (κ3) is 2.46. The fourth-order valence-electron chi connectivity index (χ4n) is 1.42. The molecule has 0 aliphatic carbocycles. The van der Waals surface area contributed by atoms with E-state index in [2.05, 4.69) is 12.1 Å². The Morgan fingerprint density at radius 1 is 1.53 bits per heavy atom. The van der Waals surface area contributed by atoms with E-state index < -0.39 is 0 Å². The molecule has 15 heavy (non-hydrogen) atoms. The van der Waals surface area contributed by atoms with Crippen LogP contribution < -0.4 is 11.2 Å². The molecule has 0 radical (unpaired) electrons. The van der Waals surface area contributed by atoms with Crippen molar-refractivity contribution >= 4 is 23.1 Å². The van der Waals surface area contributed by atoms with E-state index in [1.54, 1.807) is 18.9 Å². The molecule has 82 valence electrons. The summed E-state index contributed by atoms with van der Waals surface area (Å²) in [7, 11) is 1.56. The van der Waals surface area contributed by atoms with Crippen LogP contribution in [0.15, 0.2) is 23.6 Å². The Balaban J connectivity index is 3.23. The first-order chi connectivity index (χ1) is 7.11. The number of anilines is 1. The van der Waals surface area contributed by atoms with Crippen LogP contribution in [0.5, 0.6) is 0 Å². The van der Waals surface area contributed by atoms with Gasteiger partial charge in [-0.2, -0.15) is 0 Å². The zero-order valence-corrected chi connectivity index (χ0v) is 10.1. The minimum absolute atomic E-state index is 0.728. The van der Waals surface area contributed by atoms with Gasteiger partial charge in [-0.25, -0.2) is 0 Å². The van der Waals surface area contributed by atoms with Crippen molar-refractivity contribution in [1.82, 2.24) is 5.48 Å². The highest BCUT2D eigenvalue weighted by Gasteiger charge is 2.10. The van der Waals surface area contributed by atoms with Gasteiger partial charge in [-0.3, -0.25) is 10.3 Å². The minimum atomic E-state index is 0.728. The number of hydrogen-bond acceptors (Lipinski definition) is 4. The molecule has 1 aromatic rings. The average molecular weight is 224 g/mol. The van der Waals surface area contributed by atoms with E-state index >= 15 is 0 Å². The predicted molar refractivity (Wildman–Crippen MR) is 66.6 cm³/mol. The smallest absolute Gasteiger partial charge is 0.0636 e. The standard InChI is InChI=1S/C11H16N2OS/c1-7-9(12)5-6-10(15-4)11(7)8(2)13-14-3/h5-6,13H,2,12H2,1,3-4H3. The summed E-state index contributed by atoms with van der Waals surface area (Å²) in [5, 5.41) is 0. The van der Waals surface area contributed by atoms with Crippen molar-refractivity contribution in [2.24, 2.45) is 0 Å². The monoisotopic (exact) mass is 224 g/mol. The SMILES string of the molecule is C=C(NOC)c1c(SC)ccc(N)c1C. The maximum Gasteiger partial charge on any atom is 0.0636 e. The largest absolute Gasteiger partial charge is 0.398 e. The number of benzene rings is 1. The van der Waals surface area contributed by atoms with E-state index in [0.29, 0.717) is 0 Å². The molecule has 1 rings (SSSR count). The van der Waals surface area contributed by atoms with E-state index in [1.807, 2.05) is 25.3 Å². The average Bonchev–Trinajstić information content (AvgIpc) is 2.22. The van der Waals surface area contributed by atoms with Crippen LogP contribution in [0, 0.1) is 6.92 Å². The highest BCUT2D eigenvalue weighted by atomic mass is 32.2. The van der Waals surface area contributed by atoms with Crippen molar-refractivity contribution in [3.8, 4) is 0 Å². The first kappa shape index (κ1) is 11.9. The molecule has 0 spiro atoms. The third-order valence-electron chi connectivity index (χ3n) is 2.22. The Morgan fingerprint density at radius 2 is 2.20 bits per heavy atom. The second-order valence-electron chi connectivity index (χ2n) is 3.14. The zero-order valence-electron chi connectivity index (χ0n) is 9.26. The molecule has 0 bridgehead atoms. The van der Waals surface area contributed by atoms with Gasteiger partial charge in [0, 0.05) is 16.1 Å². The Bertz CT molecular complexity index is 377. The van der Waals surface area contributed by atoms with Gasteiger partial charge in [-0.15, -0.1) is 11.8 Å². The summed E-state index contributed by atoms with van der Waals surface area (Å²) in [6.07, 6.45) is 2.02. The van der Waals surface area contributed by atoms with Crippen LogP contribution >= 0.6 is 11.8 Å². The van der Waals surface area contributed by atoms with E-state index in [1.165, 1.54) is 0 Å². The zero-order chi connectivity index (χ0) is 11.4. The Morgan fingerprint density at radius 3 is 2.73 bits per heavy atom. The van der Waals surface area contributed by atoms with Crippen molar-refractivity contribution in [3.63, 3.8) is 0 Å². The minimum Gasteiger partial charge on any atom is -0.398 e. The van der Waals surface area contributed by atoms with Crippen LogP contribution in [0.2, 0.25) is 0 Å². The van der Waals surface area contributed by atoms with Crippen molar-refractivity contribution < 1.29 is 4.84 Å². The second-order valence-corrected chi connectivity index (χ2v) is 3.99. The topological polar surface area (TPSA) is 47.3 Å². The number of thioether (sulfide) groups is 1. The van der Waals surface area contributed by atoms with E-state index in [0.717, 1.165) is 27.4 Å². The van der Waals surface area contributed by atoms with Crippen molar-refractivity contribution in [1.29, 1.82) is 0 Å². The van der Waals surface area contributed by atoms with Crippen LogP contribution in [0.1, 0.15) is 11.1 Å². The fraction of sp³-hybridized carbons (Fsp3) is 0.273. The third-order valence-corrected chi connectivity index (χ3v) is 3.00. The lowest BCUT2D eigenvalue weighted by molar-refractivity contribution is 0.136. The van der Waals surface area contributed by atoms with Crippen LogP contribution in [0.4, 0.5) is 5.69 Å². The van der Waals surface area contributed by atoms with Crippen LogP contribution in [-0.4, -0.2) is 13.4 Å². The summed E-state index contributed by atoms with van der Waals surface area (Å²) in [4.78, 5) is 5.99. The number of rotatable bonds is 4. The van der Waals surface area contributed by atoms with Crippen molar-refractivity contribution in [2.75, 3.05) is 19.1 Å². The van der Waals surface area contributed by atoms with Crippen LogP contribution in [0.3, 0.4) is 0 Å². The molecule has 0 aliphatic heterocycles. The van der Waals surface area contributed by atoms with Gasteiger partial charge < -0.3 is 5.73 Å². The second kappa shape index (κ2) is 5.09. The van der Waals surface area contributed by atoms with Gasteiger partial charge in [0.1, 0.15) is 0 Å². The van der Waals surface area contributed by atoms with Gasteiger partial charge in [0.25, 0.3) is 0 Å². The lowest BCUT2D eigenvalue weighted by Gasteiger charge is -2.15. The molecule has 0 heterocycles. The molecular formula is C11H16N2OS. The van der Waals surface area contributed by atoms with E-state index in [-0.39, 0.29) is 0 Å². The lowest BCUT2D eigenvalue weighted by atomic mass is 10.0. The quantitative estimate of drug-likeness (QED) is 0.468. The first-order valence-electron chi connectivity index (χ1n) is 4.53. The number of hydroxylamine groups is 1. The summed E-state index contributed by atoms with van der Waals surface area (Å²) in [6.45, 7) is 5.90. The van der Waals surface area contributed by atoms with Gasteiger partial charge in [-0.1, -0.05) is 6.58 Å². The number of hydrogen-bond donors (Lipinski definition) is 2. The normalized spacial score (nSPS) is 10.1. The molecule has 0 amide bonds. The molecule has 3 N–H and O–H groups in total. The van der Waals surface area contributed by atoms with E-state index in [4.69, 9.17) is 10.6 Å². The predicted octanol–water partition coefficient (Wildman–Crippen LogP) is 2.42. The molecule has 3 nitrogen and oxygen atoms in total. The molecule has 0 atom stereocenters. The maximum atomic E-state index is 5.86. The van der Waals surface area contributed by atoms with E-state index in [9.17, 15) is 0 Å². The summed E-state index contributed by atoms with van der Waals surface area (Å²) >= 11 is 1.66. The summed E-state index contributed by atoms with van der Waals surface area (Å²) in [5.41, 5.74) is 12.1. The molecule has 0 saturated heterocycles. The van der Waals surface area contributed by atoms with Crippen LogP contribution in [0.25, 0.3) is 5.70 Å². The molecule has 0 unspecified atom stereocenters. The molecule has 1 aromatic carbocycles. The Labute approximate surface area is 94.6 Å². The first-order valence-corrected chi connectivity index (χ1v) is 5.75. The Hall–Kier alpha value is -1.13. The highest BCUT2D eigenvalue weighted by molar-refractivity contribution is 7.98. The van der Waals surface area contributed by atoms with Gasteiger partial charge in [0.15, 0.2) is 0 Å². The molecule has 0 fully saturated rings. The number of nitrogens with two attached hydrogens (primary N) is 1. The fourth-order valence-corrected chi connectivity index (χ4v) is 2.11. The molecule has 0 aliphatic rings. The molecule has 0 aromatic heterocycles. The summed E-state index contributed by atoms with van der Waals surface area (Å²) < 4.78 is 0. The van der Waals surface area contributed by atoms with Crippen molar-refractivity contribution in [3.05, 3.63) is 29.8 Å². The summed E-state index contributed by atoms with van der Waals surface area (Å²) in [6, 6.07) is 3.90. The van der Waals surface area contributed by atoms with Gasteiger partial charge >= 0.3 is 0 Å². The van der Waals surface area contributed by atoms with Crippen molar-refractivity contribution in [2.45, 2.75) is 11.8 Å². The van der Waals surface area contributed by atoms with Gasteiger partial charge in [-0.05, 0) is 30.9 Å². The number of nitrogens with one attached hydrogen (secondary N) is 1. The Kier molecular flexibility index (Phi) is 4.05. The highest BCUT2D eigenvalue weighted by Crippen LogP contribution is 2.30. The molecular weight excluding hydrogens is 208 g/mol. The lowest BCUT2D eigenvalue weighted by Crippen LogP contribution is -2.11. The summed E-state index contributed by atoms with van der Waals surface area (Å²) in [5.74, 6) is 0. The van der Waals surface area contributed by atoms with Gasteiger partial charge in [0.2, 0.25) is 0 Å². The van der Waals surface area contributed by atoms with Gasteiger partial charge in [0.05, 0.1) is 12.8 Å². The number of nitrogen functional groups attached to an aromatic ring is 1. The molecule has 4 heteroatoms. The molecule has 0 saturated carbocycles. The van der Waals surface area contributed by atoms with Crippen LogP contribution in [-0.2, 0) is 4.84 Å². The maximum absolute atomic E-state index is 5.86.